The van der Waals surface area contributed by atoms with Crippen LogP contribution in [-0.4, -0.2) is 27.5 Å². The van der Waals surface area contributed by atoms with Crippen LogP contribution in [0, 0.1) is 0 Å². The van der Waals surface area contributed by atoms with Crippen molar-refractivity contribution in [2.45, 2.75) is 79.0 Å². The van der Waals surface area contributed by atoms with Crippen molar-refractivity contribution in [1.82, 2.24) is 15.1 Å². The second-order valence-corrected chi connectivity index (χ2v) is 8.23. The van der Waals surface area contributed by atoms with Crippen molar-refractivity contribution in [2.75, 3.05) is 5.73 Å². The van der Waals surface area contributed by atoms with Crippen molar-refractivity contribution in [2.24, 2.45) is 0 Å². The van der Waals surface area contributed by atoms with Gasteiger partial charge in [-0.2, -0.15) is 5.10 Å². The number of hydrogen-bond acceptors (Lipinski definition) is 4. The number of alkyl carbamates (subject to hydrolysis) is 1. The first-order valence-corrected chi connectivity index (χ1v) is 10.0. The van der Waals surface area contributed by atoms with Gasteiger partial charge in [-0.05, 0) is 58.2 Å². The third-order valence-electron chi connectivity index (χ3n) is 4.49. The minimum absolute atomic E-state index is 0.0888. The summed E-state index contributed by atoms with van der Waals surface area (Å²) in [7, 11) is 0. The van der Waals surface area contributed by atoms with Crippen molar-refractivity contribution in [3.8, 4) is 0 Å². The number of carbonyl (C=O) groups is 1. The van der Waals surface area contributed by atoms with Crippen molar-refractivity contribution < 1.29 is 9.53 Å². The normalized spacial score (nSPS) is 12.6. The molecule has 2 aromatic rings. The number of nitrogens with zero attached hydrogens (tertiary/aromatic N) is 2. The molecule has 1 heterocycles. The fourth-order valence-electron chi connectivity index (χ4n) is 3.28. The molecule has 2 rings (SSSR count). The van der Waals surface area contributed by atoms with Crippen LogP contribution in [0.2, 0.25) is 0 Å². The molecule has 154 valence electrons. The van der Waals surface area contributed by atoms with E-state index in [1.807, 2.05) is 44.5 Å². The summed E-state index contributed by atoms with van der Waals surface area (Å²) in [6.07, 6.45) is 2.19. The van der Waals surface area contributed by atoms with Gasteiger partial charge in [0.25, 0.3) is 0 Å². The second-order valence-electron chi connectivity index (χ2n) is 8.23. The molecule has 0 fully saturated rings. The summed E-state index contributed by atoms with van der Waals surface area (Å²) in [6.45, 7) is 12.4. The van der Waals surface area contributed by atoms with E-state index in [0.717, 1.165) is 30.6 Å². The molecule has 0 aliphatic heterocycles. The van der Waals surface area contributed by atoms with Gasteiger partial charge in [0.15, 0.2) is 0 Å². The molecule has 0 saturated heterocycles. The molecular weight excluding hydrogens is 352 g/mol. The van der Waals surface area contributed by atoms with Crippen molar-refractivity contribution in [3.63, 3.8) is 0 Å². The van der Waals surface area contributed by atoms with Crippen LogP contribution in [0.15, 0.2) is 24.3 Å². The highest BCUT2D eigenvalue weighted by Crippen LogP contribution is 2.21. The molecule has 6 heteroatoms. The van der Waals surface area contributed by atoms with Gasteiger partial charge in [-0.3, -0.25) is 4.68 Å². The number of ether oxygens (including phenoxy) is 1. The zero-order chi connectivity index (χ0) is 20.9. The molecule has 0 aliphatic rings. The fourth-order valence-corrected chi connectivity index (χ4v) is 3.28. The Balaban J connectivity index is 2.17. The number of nitrogens with one attached hydrogen (secondary N) is 1. The minimum atomic E-state index is -0.508. The highest BCUT2D eigenvalue weighted by atomic mass is 16.6. The Morgan fingerprint density at radius 3 is 2.39 bits per heavy atom. The van der Waals surface area contributed by atoms with Crippen LogP contribution in [0.1, 0.15) is 64.1 Å². The molecule has 0 unspecified atom stereocenters. The molecular formula is C22H34N4O2. The van der Waals surface area contributed by atoms with Crippen LogP contribution in [-0.2, 0) is 30.5 Å². The zero-order valence-electron chi connectivity index (χ0n) is 18.0. The number of rotatable bonds is 7. The zero-order valence-corrected chi connectivity index (χ0v) is 18.0. The van der Waals surface area contributed by atoms with E-state index in [2.05, 4.69) is 31.3 Å². The molecule has 1 amide bonds. The Bertz CT molecular complexity index is 788. The lowest BCUT2D eigenvalue weighted by Gasteiger charge is -2.22. The molecule has 0 spiro atoms. The number of aryl methyl sites for hydroxylation is 1. The lowest BCUT2D eigenvalue weighted by Crippen LogP contribution is -2.40. The standard InChI is InChI=1S/C22H34N4O2/c1-7-19-18(13-16-9-11-17(23)12-10-16)20(8-2)26(25-19)14-15(3)24-21(27)28-22(4,5)6/h9-12,15H,7-8,13-14,23H2,1-6H3,(H,24,27)/t15-/m0/s1. The van der Waals surface area contributed by atoms with Crippen LogP contribution in [0.3, 0.4) is 0 Å². The van der Waals surface area contributed by atoms with E-state index in [-0.39, 0.29) is 6.04 Å². The molecule has 1 aromatic carbocycles. The van der Waals surface area contributed by atoms with Crippen molar-refractivity contribution >= 4 is 11.8 Å². The number of nitrogen functional groups attached to an aromatic ring is 1. The highest BCUT2D eigenvalue weighted by Gasteiger charge is 2.20. The minimum Gasteiger partial charge on any atom is -0.444 e. The summed E-state index contributed by atoms with van der Waals surface area (Å²) in [6, 6.07) is 7.92. The van der Waals surface area contributed by atoms with E-state index in [4.69, 9.17) is 15.6 Å². The predicted octanol–water partition coefficient (Wildman–Crippen LogP) is 4.09. The second kappa shape index (κ2) is 9.13. The molecule has 0 bridgehead atoms. The Labute approximate surface area is 168 Å². The lowest BCUT2D eigenvalue weighted by molar-refractivity contribution is 0.0503. The van der Waals surface area contributed by atoms with Crippen molar-refractivity contribution in [3.05, 3.63) is 46.8 Å². The maximum absolute atomic E-state index is 12.0. The summed E-state index contributed by atoms with van der Waals surface area (Å²) in [5, 5.41) is 7.74. The monoisotopic (exact) mass is 386 g/mol. The van der Waals surface area contributed by atoms with E-state index in [1.54, 1.807) is 0 Å². The lowest BCUT2D eigenvalue weighted by atomic mass is 10.0. The van der Waals surface area contributed by atoms with Gasteiger partial charge >= 0.3 is 6.09 Å². The Morgan fingerprint density at radius 2 is 1.86 bits per heavy atom. The average molecular weight is 387 g/mol. The van der Waals surface area contributed by atoms with Gasteiger partial charge in [0.05, 0.1) is 12.2 Å². The summed E-state index contributed by atoms with van der Waals surface area (Å²) < 4.78 is 7.39. The van der Waals surface area contributed by atoms with Gasteiger partial charge in [-0.1, -0.05) is 26.0 Å². The highest BCUT2D eigenvalue weighted by molar-refractivity contribution is 5.68. The summed E-state index contributed by atoms with van der Waals surface area (Å²) >= 11 is 0. The first-order valence-electron chi connectivity index (χ1n) is 10.0. The van der Waals surface area contributed by atoms with E-state index in [9.17, 15) is 4.79 Å². The van der Waals surface area contributed by atoms with E-state index in [1.165, 1.54) is 16.8 Å². The Kier molecular flexibility index (Phi) is 7.11. The summed E-state index contributed by atoms with van der Waals surface area (Å²) in [5.41, 5.74) is 10.9. The van der Waals surface area contributed by atoms with Crippen LogP contribution >= 0.6 is 0 Å². The van der Waals surface area contributed by atoms with Gasteiger partial charge < -0.3 is 15.8 Å². The molecule has 3 N–H and O–H groups in total. The molecule has 0 aliphatic carbocycles. The number of nitrogens with two attached hydrogens (primary N) is 1. The SMILES string of the molecule is CCc1nn(C[C@H](C)NC(=O)OC(C)(C)C)c(CC)c1Cc1ccc(N)cc1. The first-order chi connectivity index (χ1) is 13.1. The number of hydrogen-bond donors (Lipinski definition) is 2. The van der Waals surface area contributed by atoms with Gasteiger partial charge in [-0.15, -0.1) is 0 Å². The maximum Gasteiger partial charge on any atom is 0.407 e. The van der Waals surface area contributed by atoms with E-state index >= 15 is 0 Å². The number of amides is 1. The van der Waals surface area contributed by atoms with Gasteiger partial charge in [0, 0.05) is 29.4 Å². The topological polar surface area (TPSA) is 82.2 Å². The predicted molar refractivity (Wildman–Crippen MR) is 113 cm³/mol. The quantitative estimate of drug-likeness (QED) is 0.702. The van der Waals surface area contributed by atoms with Gasteiger partial charge in [0.2, 0.25) is 0 Å². The number of carbonyl (C=O) groups excluding carboxylic acids is 1. The van der Waals surface area contributed by atoms with E-state index in [0.29, 0.717) is 6.54 Å². The number of benzene rings is 1. The molecule has 1 atom stereocenters. The van der Waals surface area contributed by atoms with Crippen LogP contribution in [0.4, 0.5) is 10.5 Å². The van der Waals surface area contributed by atoms with Crippen LogP contribution in [0.5, 0.6) is 0 Å². The van der Waals surface area contributed by atoms with Crippen molar-refractivity contribution in [1.29, 1.82) is 0 Å². The molecule has 0 saturated carbocycles. The van der Waals surface area contributed by atoms with Gasteiger partial charge in [-0.25, -0.2) is 4.79 Å². The first kappa shape index (κ1) is 21.8. The number of aromatic nitrogens is 2. The third kappa shape index (κ3) is 6.01. The number of anilines is 1. The summed E-state index contributed by atoms with van der Waals surface area (Å²) in [4.78, 5) is 12.0. The Hall–Kier alpha value is -2.50. The molecule has 1 aromatic heterocycles. The molecule has 28 heavy (non-hydrogen) atoms. The smallest absolute Gasteiger partial charge is 0.407 e. The van der Waals surface area contributed by atoms with Crippen LogP contribution in [0.25, 0.3) is 0 Å². The van der Waals surface area contributed by atoms with Gasteiger partial charge in [0.1, 0.15) is 5.60 Å². The fraction of sp³-hybridized carbons (Fsp3) is 0.545. The molecule has 0 radical (unpaired) electrons. The molecule has 6 nitrogen and oxygen atoms in total. The average Bonchev–Trinajstić information content (AvgIpc) is 2.91. The van der Waals surface area contributed by atoms with Crippen LogP contribution < -0.4 is 11.1 Å². The van der Waals surface area contributed by atoms with E-state index < -0.39 is 11.7 Å². The third-order valence-corrected chi connectivity index (χ3v) is 4.49. The largest absolute Gasteiger partial charge is 0.444 e. The summed E-state index contributed by atoms with van der Waals surface area (Å²) in [5.74, 6) is 0. The Morgan fingerprint density at radius 1 is 1.21 bits per heavy atom. The maximum atomic E-state index is 12.0.